The quantitative estimate of drug-likeness (QED) is 0.848. The summed E-state index contributed by atoms with van der Waals surface area (Å²) in [6.07, 6.45) is 0. The summed E-state index contributed by atoms with van der Waals surface area (Å²) < 4.78 is 18.0. The summed E-state index contributed by atoms with van der Waals surface area (Å²) in [7, 11) is 1.41. The van der Waals surface area contributed by atoms with Gasteiger partial charge in [0.2, 0.25) is 5.13 Å². The molecular formula is C9H8FN3OS. The van der Waals surface area contributed by atoms with Crippen LogP contribution in [0.1, 0.15) is 0 Å². The highest BCUT2D eigenvalue weighted by Gasteiger charge is 2.08. The minimum atomic E-state index is -0.404. The highest BCUT2D eigenvalue weighted by molar-refractivity contribution is 7.18. The molecule has 0 aliphatic heterocycles. The maximum absolute atomic E-state index is 13.1. The highest BCUT2D eigenvalue weighted by Crippen LogP contribution is 2.28. The molecule has 1 heterocycles. The Labute approximate surface area is 89.5 Å². The van der Waals surface area contributed by atoms with Crippen molar-refractivity contribution in [3.63, 3.8) is 0 Å². The zero-order valence-corrected chi connectivity index (χ0v) is 8.71. The van der Waals surface area contributed by atoms with E-state index < -0.39 is 5.82 Å². The Morgan fingerprint density at radius 3 is 2.80 bits per heavy atom. The molecule has 0 amide bonds. The SMILES string of the molecule is COc1cc(-c2nnc(N)s2)ccc1F. The molecule has 0 saturated heterocycles. The Bertz CT molecular complexity index is 486. The third-order valence-corrected chi connectivity index (χ3v) is 2.64. The summed E-state index contributed by atoms with van der Waals surface area (Å²) in [5.41, 5.74) is 6.19. The zero-order valence-electron chi connectivity index (χ0n) is 7.90. The molecule has 0 aliphatic carbocycles. The second kappa shape index (κ2) is 3.82. The summed E-state index contributed by atoms with van der Waals surface area (Å²) in [5.74, 6) is -0.222. The molecule has 1 aromatic carbocycles. The Balaban J connectivity index is 2.45. The number of methoxy groups -OCH3 is 1. The van der Waals surface area contributed by atoms with E-state index in [1.54, 1.807) is 12.1 Å². The first-order chi connectivity index (χ1) is 7.20. The average molecular weight is 225 g/mol. The van der Waals surface area contributed by atoms with E-state index in [2.05, 4.69) is 10.2 Å². The number of aromatic nitrogens is 2. The molecule has 2 rings (SSSR count). The van der Waals surface area contributed by atoms with Crippen LogP contribution in [0.4, 0.5) is 9.52 Å². The fraction of sp³-hybridized carbons (Fsp3) is 0.111. The van der Waals surface area contributed by atoms with E-state index in [-0.39, 0.29) is 5.75 Å². The number of halogens is 1. The van der Waals surface area contributed by atoms with E-state index in [0.717, 1.165) is 5.56 Å². The van der Waals surface area contributed by atoms with Gasteiger partial charge in [-0.25, -0.2) is 4.39 Å². The van der Waals surface area contributed by atoms with Crippen molar-refractivity contribution < 1.29 is 9.13 Å². The van der Waals surface area contributed by atoms with Crippen molar-refractivity contribution in [1.29, 1.82) is 0 Å². The number of nitrogens with zero attached hydrogens (tertiary/aromatic N) is 2. The number of hydrogen-bond acceptors (Lipinski definition) is 5. The molecule has 0 bridgehead atoms. The molecular weight excluding hydrogens is 217 g/mol. The van der Waals surface area contributed by atoms with Crippen molar-refractivity contribution in [2.45, 2.75) is 0 Å². The van der Waals surface area contributed by atoms with Gasteiger partial charge in [0.1, 0.15) is 5.01 Å². The van der Waals surface area contributed by atoms with Gasteiger partial charge in [-0.3, -0.25) is 0 Å². The van der Waals surface area contributed by atoms with E-state index in [1.807, 2.05) is 0 Å². The molecule has 4 nitrogen and oxygen atoms in total. The van der Waals surface area contributed by atoms with Gasteiger partial charge in [0.05, 0.1) is 7.11 Å². The summed E-state index contributed by atoms with van der Waals surface area (Å²) in [5, 5.41) is 8.57. The van der Waals surface area contributed by atoms with Gasteiger partial charge in [-0.2, -0.15) is 0 Å². The van der Waals surface area contributed by atoms with Crippen molar-refractivity contribution in [2.75, 3.05) is 12.8 Å². The number of nitrogens with two attached hydrogens (primary N) is 1. The Kier molecular flexibility index (Phi) is 2.51. The van der Waals surface area contributed by atoms with Gasteiger partial charge in [-0.15, -0.1) is 10.2 Å². The summed E-state index contributed by atoms with van der Waals surface area (Å²) in [4.78, 5) is 0. The van der Waals surface area contributed by atoms with Crippen LogP contribution in [0.15, 0.2) is 18.2 Å². The number of nitrogen functional groups attached to an aromatic ring is 1. The van der Waals surface area contributed by atoms with E-state index in [4.69, 9.17) is 10.5 Å². The topological polar surface area (TPSA) is 61.0 Å². The Morgan fingerprint density at radius 1 is 1.40 bits per heavy atom. The van der Waals surface area contributed by atoms with Gasteiger partial charge >= 0.3 is 0 Å². The van der Waals surface area contributed by atoms with Crippen LogP contribution in [-0.4, -0.2) is 17.3 Å². The molecule has 2 N–H and O–H groups in total. The Morgan fingerprint density at radius 2 is 2.20 bits per heavy atom. The second-order valence-electron chi connectivity index (χ2n) is 2.79. The second-order valence-corrected chi connectivity index (χ2v) is 3.80. The minimum absolute atomic E-state index is 0.182. The number of anilines is 1. The predicted molar refractivity (Wildman–Crippen MR) is 56.3 cm³/mol. The lowest BCUT2D eigenvalue weighted by Gasteiger charge is -2.02. The molecule has 78 valence electrons. The average Bonchev–Trinajstić information content (AvgIpc) is 2.66. The van der Waals surface area contributed by atoms with Crippen LogP contribution < -0.4 is 10.5 Å². The number of rotatable bonds is 2. The fourth-order valence-corrected chi connectivity index (χ4v) is 1.75. The minimum Gasteiger partial charge on any atom is -0.494 e. The van der Waals surface area contributed by atoms with Gasteiger partial charge in [0.25, 0.3) is 0 Å². The predicted octanol–water partition coefficient (Wildman–Crippen LogP) is 1.93. The normalized spacial score (nSPS) is 10.3. The molecule has 0 spiro atoms. The van der Waals surface area contributed by atoms with Gasteiger partial charge in [-0.1, -0.05) is 11.3 Å². The van der Waals surface area contributed by atoms with Crippen molar-refractivity contribution in [2.24, 2.45) is 0 Å². The standard InChI is InChI=1S/C9H8FN3OS/c1-14-7-4-5(2-3-6(7)10)8-12-13-9(11)15-8/h2-4H,1H3,(H2,11,13). The third-order valence-electron chi connectivity index (χ3n) is 1.84. The molecule has 2 aromatic rings. The van der Waals surface area contributed by atoms with E-state index in [1.165, 1.54) is 24.5 Å². The van der Waals surface area contributed by atoms with Crippen LogP contribution in [0.2, 0.25) is 0 Å². The van der Waals surface area contributed by atoms with Crippen LogP contribution in [0.3, 0.4) is 0 Å². The maximum Gasteiger partial charge on any atom is 0.203 e. The smallest absolute Gasteiger partial charge is 0.203 e. The first-order valence-corrected chi connectivity index (χ1v) is 4.95. The lowest BCUT2D eigenvalue weighted by atomic mass is 10.2. The first-order valence-electron chi connectivity index (χ1n) is 4.13. The lowest BCUT2D eigenvalue weighted by Crippen LogP contribution is -1.88. The van der Waals surface area contributed by atoms with Crippen molar-refractivity contribution in [1.82, 2.24) is 10.2 Å². The summed E-state index contributed by atoms with van der Waals surface area (Å²) >= 11 is 1.24. The third kappa shape index (κ3) is 1.89. The molecule has 6 heteroatoms. The monoisotopic (exact) mass is 225 g/mol. The molecule has 1 aromatic heterocycles. The van der Waals surface area contributed by atoms with Crippen LogP contribution >= 0.6 is 11.3 Å². The van der Waals surface area contributed by atoms with Crippen molar-refractivity contribution in [3.05, 3.63) is 24.0 Å². The van der Waals surface area contributed by atoms with Gasteiger partial charge in [-0.05, 0) is 18.2 Å². The molecule has 0 unspecified atom stereocenters. The molecule has 15 heavy (non-hydrogen) atoms. The van der Waals surface area contributed by atoms with Gasteiger partial charge < -0.3 is 10.5 Å². The molecule has 0 aliphatic rings. The maximum atomic E-state index is 13.1. The molecule has 0 fully saturated rings. The highest BCUT2D eigenvalue weighted by atomic mass is 32.1. The van der Waals surface area contributed by atoms with Crippen LogP contribution in [0, 0.1) is 5.82 Å². The van der Waals surface area contributed by atoms with E-state index in [0.29, 0.717) is 10.1 Å². The van der Waals surface area contributed by atoms with Crippen molar-refractivity contribution >= 4 is 16.5 Å². The number of benzene rings is 1. The number of ether oxygens (including phenoxy) is 1. The molecule has 0 atom stereocenters. The van der Waals surface area contributed by atoms with Crippen molar-refractivity contribution in [3.8, 4) is 16.3 Å². The van der Waals surface area contributed by atoms with Gasteiger partial charge in [0, 0.05) is 5.56 Å². The fourth-order valence-electron chi connectivity index (χ4n) is 1.14. The first kappa shape index (κ1) is 9.85. The van der Waals surface area contributed by atoms with Gasteiger partial charge in [0.15, 0.2) is 11.6 Å². The zero-order chi connectivity index (χ0) is 10.8. The largest absolute Gasteiger partial charge is 0.494 e. The molecule has 0 saturated carbocycles. The van der Waals surface area contributed by atoms with E-state index in [9.17, 15) is 4.39 Å². The number of hydrogen-bond donors (Lipinski definition) is 1. The van der Waals surface area contributed by atoms with Crippen LogP contribution in [-0.2, 0) is 0 Å². The summed E-state index contributed by atoms with van der Waals surface area (Å²) in [6, 6.07) is 4.50. The summed E-state index contributed by atoms with van der Waals surface area (Å²) in [6.45, 7) is 0. The lowest BCUT2D eigenvalue weighted by molar-refractivity contribution is 0.387. The van der Waals surface area contributed by atoms with Crippen LogP contribution in [0.25, 0.3) is 10.6 Å². The Hall–Kier alpha value is -1.69. The van der Waals surface area contributed by atoms with E-state index >= 15 is 0 Å². The van der Waals surface area contributed by atoms with Crippen LogP contribution in [0.5, 0.6) is 5.75 Å². The molecule has 0 radical (unpaired) electrons.